The number of nitrogens with two attached hydrogens (primary N) is 1. The zero-order valence-electron chi connectivity index (χ0n) is 25.5. The summed E-state index contributed by atoms with van der Waals surface area (Å²) in [7, 11) is 0. The summed E-state index contributed by atoms with van der Waals surface area (Å²) in [5.74, 6) is -1.46. The summed E-state index contributed by atoms with van der Waals surface area (Å²) in [6, 6.07) is -3.00. The lowest BCUT2D eigenvalue weighted by Gasteiger charge is -2.40. The Labute approximate surface area is 248 Å². The van der Waals surface area contributed by atoms with Crippen molar-refractivity contribution < 1.29 is 24.0 Å². The van der Waals surface area contributed by atoms with Crippen molar-refractivity contribution in [2.45, 2.75) is 110 Å². The Hall–Kier alpha value is -2.30. The van der Waals surface area contributed by atoms with Gasteiger partial charge in [-0.25, -0.2) is 4.79 Å². The molecule has 230 valence electrons. The van der Waals surface area contributed by atoms with Crippen molar-refractivity contribution in [3.63, 3.8) is 0 Å². The minimum absolute atomic E-state index is 0.0711. The quantitative estimate of drug-likeness (QED) is 0.271. The number of rotatable bonds is 11. The van der Waals surface area contributed by atoms with Crippen LogP contribution in [0.5, 0.6) is 0 Å². The van der Waals surface area contributed by atoms with Crippen molar-refractivity contribution in [3.05, 3.63) is 0 Å². The molecule has 5 atom stereocenters. The Morgan fingerprint density at radius 3 is 2.20 bits per heavy atom. The summed E-state index contributed by atoms with van der Waals surface area (Å²) in [4.78, 5) is 67.2. The van der Waals surface area contributed by atoms with E-state index in [1.165, 1.54) is 0 Å². The molecule has 0 radical (unpaired) electrons. The molecule has 41 heavy (non-hydrogen) atoms. The lowest BCUT2D eigenvalue weighted by Crippen LogP contribution is -2.63. The predicted molar refractivity (Wildman–Crippen MR) is 159 cm³/mol. The average Bonchev–Trinajstić information content (AvgIpc) is 3.73. The first-order chi connectivity index (χ1) is 19.1. The summed E-state index contributed by atoms with van der Waals surface area (Å²) in [5, 5.41) is 9.00. The second-order valence-electron chi connectivity index (χ2n) is 14.5. The van der Waals surface area contributed by atoms with E-state index in [1.54, 1.807) is 16.7 Å². The second-order valence-corrected chi connectivity index (χ2v) is 15.4. The van der Waals surface area contributed by atoms with Gasteiger partial charge in [0.1, 0.15) is 12.1 Å². The van der Waals surface area contributed by atoms with Crippen LogP contribution in [0.25, 0.3) is 0 Å². The first kappa shape index (κ1) is 31.6. The molecule has 0 aromatic rings. The monoisotopic (exact) mass is 591 g/mol. The minimum Gasteiger partial charge on any atom is -0.363 e. The van der Waals surface area contributed by atoms with Crippen LogP contribution >= 0.6 is 11.8 Å². The number of likely N-dealkylation sites (tertiary alicyclic amines) is 1. The standard InChI is InChI=1S/C30H49N5O5S/c1-28(2,3)23(33-27(40)34-30(16-41-6)12-8-7-9-13-30)26(39)35-15-18-20(29(18,4)5)21(35)25(38)32-19(14-17-10-11-17)22(36)24(31)37/h17-21,23H,7-16H2,1-6H3,(H2,31,37)(H,32,38)(H2,33,34,40)/t18?,19?,20?,21?,23-/m1/s1. The number of primary amides is 1. The molecule has 0 aromatic carbocycles. The maximum atomic E-state index is 14.2. The number of nitrogens with zero attached hydrogens (tertiary/aromatic N) is 1. The van der Waals surface area contributed by atoms with Crippen molar-refractivity contribution in [3.8, 4) is 0 Å². The first-order valence-corrected chi connectivity index (χ1v) is 16.5. The van der Waals surface area contributed by atoms with E-state index in [9.17, 15) is 24.0 Å². The van der Waals surface area contributed by atoms with Crippen LogP contribution in [0.1, 0.15) is 86.0 Å². The molecule has 0 bridgehead atoms. The number of nitrogens with one attached hydrogen (secondary N) is 3. The highest BCUT2D eigenvalue weighted by atomic mass is 32.2. The van der Waals surface area contributed by atoms with Gasteiger partial charge in [0.2, 0.25) is 17.6 Å². The second kappa shape index (κ2) is 11.8. The van der Waals surface area contributed by atoms with Gasteiger partial charge in [-0.1, -0.05) is 66.7 Å². The van der Waals surface area contributed by atoms with Gasteiger partial charge in [-0.3, -0.25) is 19.2 Å². The number of ketones is 1. The third-order valence-corrected chi connectivity index (χ3v) is 10.7. The molecule has 0 spiro atoms. The fourth-order valence-corrected chi connectivity index (χ4v) is 8.11. The van der Waals surface area contributed by atoms with Crippen LogP contribution < -0.4 is 21.7 Å². The Bertz CT molecular complexity index is 1060. The predicted octanol–water partition coefficient (Wildman–Crippen LogP) is 2.59. The van der Waals surface area contributed by atoms with Gasteiger partial charge < -0.3 is 26.6 Å². The number of carbonyl (C=O) groups is 5. The van der Waals surface area contributed by atoms with Crippen LogP contribution in [0.15, 0.2) is 0 Å². The van der Waals surface area contributed by atoms with Gasteiger partial charge in [0.15, 0.2) is 0 Å². The Morgan fingerprint density at radius 1 is 1.02 bits per heavy atom. The van der Waals surface area contributed by atoms with E-state index in [0.29, 0.717) is 13.0 Å². The summed E-state index contributed by atoms with van der Waals surface area (Å²) in [6.07, 6.45) is 9.41. The van der Waals surface area contributed by atoms with Crippen molar-refractivity contribution in [2.75, 3.05) is 18.6 Å². The van der Waals surface area contributed by atoms with E-state index in [0.717, 1.165) is 50.7 Å². The fraction of sp³-hybridized carbons (Fsp3) is 0.833. The van der Waals surface area contributed by atoms with Gasteiger partial charge in [0, 0.05) is 12.3 Å². The van der Waals surface area contributed by atoms with E-state index in [2.05, 4.69) is 29.8 Å². The van der Waals surface area contributed by atoms with E-state index in [4.69, 9.17) is 5.73 Å². The third-order valence-electron chi connectivity index (χ3n) is 9.90. The first-order valence-electron chi connectivity index (χ1n) is 15.1. The van der Waals surface area contributed by atoms with Crippen LogP contribution in [0, 0.1) is 28.6 Å². The molecule has 11 heteroatoms. The number of urea groups is 1. The molecule has 10 nitrogen and oxygen atoms in total. The molecule has 3 saturated carbocycles. The summed E-state index contributed by atoms with van der Waals surface area (Å²) in [5.41, 5.74) is 4.25. The van der Waals surface area contributed by atoms with Crippen LogP contribution in [0.3, 0.4) is 0 Å². The van der Waals surface area contributed by atoms with E-state index in [1.807, 2.05) is 27.0 Å². The van der Waals surface area contributed by atoms with Gasteiger partial charge in [0.25, 0.3) is 5.91 Å². The van der Waals surface area contributed by atoms with Crippen LogP contribution in [-0.4, -0.2) is 76.7 Å². The van der Waals surface area contributed by atoms with Gasteiger partial charge in [-0.05, 0) is 54.1 Å². The summed E-state index contributed by atoms with van der Waals surface area (Å²) in [6.45, 7) is 10.3. The Kier molecular flexibility index (Phi) is 9.08. The van der Waals surface area contributed by atoms with Crippen LogP contribution in [0.4, 0.5) is 4.79 Å². The number of thioether (sulfide) groups is 1. The number of amides is 5. The highest BCUT2D eigenvalue weighted by molar-refractivity contribution is 7.98. The number of hydrogen-bond acceptors (Lipinski definition) is 6. The summed E-state index contributed by atoms with van der Waals surface area (Å²) < 4.78 is 0. The maximum absolute atomic E-state index is 14.2. The molecule has 5 amide bonds. The molecule has 1 saturated heterocycles. The van der Waals surface area contributed by atoms with Crippen molar-refractivity contribution in [2.24, 2.45) is 34.3 Å². The van der Waals surface area contributed by atoms with E-state index in [-0.39, 0.29) is 40.6 Å². The van der Waals surface area contributed by atoms with E-state index >= 15 is 0 Å². The number of hydrogen-bond donors (Lipinski definition) is 4. The molecule has 4 rings (SSSR count). The molecule has 1 aliphatic heterocycles. The van der Waals surface area contributed by atoms with Gasteiger partial charge >= 0.3 is 6.03 Å². The van der Waals surface area contributed by atoms with Gasteiger partial charge in [-0.2, -0.15) is 11.8 Å². The highest BCUT2D eigenvalue weighted by Crippen LogP contribution is 2.65. The molecule has 5 N–H and O–H groups in total. The number of carbonyl (C=O) groups excluding carboxylic acids is 5. The Morgan fingerprint density at radius 2 is 1.66 bits per heavy atom. The Balaban J connectivity index is 1.52. The molecule has 4 unspecified atom stereocenters. The lowest BCUT2D eigenvalue weighted by atomic mass is 9.83. The molecule has 4 aliphatic rings. The van der Waals surface area contributed by atoms with E-state index < -0.39 is 41.1 Å². The molecule has 4 fully saturated rings. The largest absolute Gasteiger partial charge is 0.363 e. The maximum Gasteiger partial charge on any atom is 0.315 e. The van der Waals surface area contributed by atoms with Gasteiger partial charge in [0.05, 0.1) is 11.6 Å². The topological polar surface area (TPSA) is 151 Å². The number of Topliss-reactive ketones (excluding diaryl/α,β-unsaturated/α-hetero) is 1. The fourth-order valence-electron chi connectivity index (χ4n) is 7.19. The third kappa shape index (κ3) is 6.86. The van der Waals surface area contributed by atoms with Crippen LogP contribution in [0.2, 0.25) is 0 Å². The number of piperidine rings is 1. The molecule has 1 heterocycles. The number of fused-ring (bicyclic) bond motifs is 1. The molecular formula is C30H49N5O5S. The van der Waals surface area contributed by atoms with Crippen molar-refractivity contribution >= 4 is 41.3 Å². The summed E-state index contributed by atoms with van der Waals surface area (Å²) >= 11 is 1.71. The van der Waals surface area contributed by atoms with Crippen LogP contribution in [-0.2, 0) is 19.2 Å². The SMILES string of the molecule is CSCC1(NC(=O)N[C@H](C(=O)N2CC3C(C2C(=O)NC(CC2CC2)C(=O)C(N)=O)C3(C)C)C(C)(C)C)CCCCC1. The highest BCUT2D eigenvalue weighted by Gasteiger charge is 2.70. The molecule has 0 aromatic heterocycles. The van der Waals surface area contributed by atoms with Crippen molar-refractivity contribution in [1.29, 1.82) is 0 Å². The minimum atomic E-state index is -1.07. The zero-order chi connectivity index (χ0) is 30.3. The van der Waals surface area contributed by atoms with Gasteiger partial charge in [-0.15, -0.1) is 0 Å². The molecular weight excluding hydrogens is 542 g/mol. The normalized spacial score (nSPS) is 27.7. The molecule has 3 aliphatic carbocycles. The smallest absolute Gasteiger partial charge is 0.315 e. The average molecular weight is 592 g/mol. The zero-order valence-corrected chi connectivity index (χ0v) is 26.3. The lowest BCUT2D eigenvalue weighted by molar-refractivity contribution is -0.145. The van der Waals surface area contributed by atoms with Crippen molar-refractivity contribution in [1.82, 2.24) is 20.9 Å².